The Labute approximate surface area is 184 Å². The van der Waals surface area contributed by atoms with Crippen molar-refractivity contribution in [3.05, 3.63) is 68.7 Å². The van der Waals surface area contributed by atoms with E-state index in [1.807, 2.05) is 30.3 Å². The first kappa shape index (κ1) is 20.4. The van der Waals surface area contributed by atoms with Crippen LogP contribution in [-0.2, 0) is 4.79 Å². The average Bonchev–Trinajstić information content (AvgIpc) is 3.18. The number of halogens is 2. The van der Waals surface area contributed by atoms with Crippen LogP contribution in [0.2, 0.25) is 10.0 Å². The number of H-pyrrole nitrogens is 1. The van der Waals surface area contributed by atoms with Gasteiger partial charge in [-0.05, 0) is 24.6 Å². The molecule has 0 atom stereocenters. The highest BCUT2D eigenvalue weighted by Crippen LogP contribution is 2.28. The molecule has 30 heavy (non-hydrogen) atoms. The van der Waals surface area contributed by atoms with Crippen molar-refractivity contribution in [2.75, 3.05) is 11.1 Å². The molecule has 0 aliphatic carbocycles. The van der Waals surface area contributed by atoms with Gasteiger partial charge in [0, 0.05) is 6.20 Å². The molecule has 0 unspecified atom stereocenters. The summed E-state index contributed by atoms with van der Waals surface area (Å²) >= 11 is 13.2. The van der Waals surface area contributed by atoms with Gasteiger partial charge in [-0.25, -0.2) is 14.6 Å². The number of aromatic amines is 1. The number of para-hydroxylation sites is 1. The number of amides is 1. The number of nitrogens with zero attached hydrogens (tertiary/aromatic N) is 4. The summed E-state index contributed by atoms with van der Waals surface area (Å²) < 4.78 is 1.58. The summed E-state index contributed by atoms with van der Waals surface area (Å²) in [5.74, 6) is -0.133. The van der Waals surface area contributed by atoms with E-state index in [2.05, 4.69) is 25.4 Å². The molecule has 1 aromatic carbocycles. The second-order valence-electron chi connectivity index (χ2n) is 6.23. The fourth-order valence-corrected chi connectivity index (χ4v) is 3.72. The highest BCUT2D eigenvalue weighted by Gasteiger charge is 2.15. The van der Waals surface area contributed by atoms with Crippen molar-refractivity contribution in [3.8, 4) is 5.69 Å². The van der Waals surface area contributed by atoms with E-state index in [1.54, 1.807) is 11.6 Å². The molecule has 1 amide bonds. The topological polar surface area (TPSA) is 106 Å². The number of thioether (sulfide) groups is 1. The van der Waals surface area contributed by atoms with Crippen LogP contribution in [0.5, 0.6) is 0 Å². The lowest BCUT2D eigenvalue weighted by Gasteiger charge is -2.09. The molecule has 8 nitrogen and oxygen atoms in total. The summed E-state index contributed by atoms with van der Waals surface area (Å²) in [6.07, 6.45) is 2.88. The van der Waals surface area contributed by atoms with Crippen LogP contribution in [0.4, 0.5) is 5.82 Å². The lowest BCUT2D eigenvalue weighted by atomic mass is 10.3. The molecule has 0 aliphatic rings. The molecule has 4 rings (SSSR count). The Hall–Kier alpha value is -2.88. The zero-order chi connectivity index (χ0) is 21.3. The quantitative estimate of drug-likeness (QED) is 0.346. The molecule has 0 fully saturated rings. The third-order valence-corrected chi connectivity index (χ3v) is 5.93. The maximum atomic E-state index is 12.4. The first-order valence-electron chi connectivity index (χ1n) is 8.71. The van der Waals surface area contributed by atoms with Gasteiger partial charge in [0.2, 0.25) is 5.91 Å². The van der Waals surface area contributed by atoms with Crippen LogP contribution in [0.1, 0.15) is 5.56 Å². The number of pyridine rings is 1. The van der Waals surface area contributed by atoms with Gasteiger partial charge in [0.05, 0.1) is 27.7 Å². The van der Waals surface area contributed by atoms with Crippen LogP contribution in [0.25, 0.3) is 16.7 Å². The van der Waals surface area contributed by atoms with Crippen LogP contribution in [0.15, 0.2) is 52.7 Å². The normalized spacial score (nSPS) is 11.0. The average molecular weight is 461 g/mol. The molecule has 152 valence electrons. The Bertz CT molecular complexity index is 1310. The predicted octanol–water partition coefficient (Wildman–Crippen LogP) is 3.85. The number of anilines is 1. The van der Waals surface area contributed by atoms with Crippen LogP contribution < -0.4 is 10.9 Å². The molecule has 2 N–H and O–H groups in total. The van der Waals surface area contributed by atoms with E-state index < -0.39 is 0 Å². The van der Waals surface area contributed by atoms with Crippen molar-refractivity contribution in [2.45, 2.75) is 12.1 Å². The third kappa shape index (κ3) is 4.04. The molecule has 0 saturated carbocycles. The molecular formula is C19H14Cl2N6O2S. The molecule has 3 aromatic heterocycles. The number of rotatable bonds is 5. The number of hydrogen-bond acceptors (Lipinski definition) is 6. The van der Waals surface area contributed by atoms with Gasteiger partial charge >= 0.3 is 0 Å². The Morgan fingerprint density at radius 3 is 2.77 bits per heavy atom. The van der Waals surface area contributed by atoms with Gasteiger partial charge in [-0.1, -0.05) is 53.2 Å². The zero-order valence-corrected chi connectivity index (χ0v) is 17.8. The fourth-order valence-electron chi connectivity index (χ4n) is 2.67. The molecule has 0 bridgehead atoms. The minimum atomic E-state index is -0.351. The highest BCUT2D eigenvalue weighted by molar-refractivity contribution is 7.99. The summed E-state index contributed by atoms with van der Waals surface area (Å²) in [7, 11) is 0. The maximum Gasteiger partial charge on any atom is 0.262 e. The van der Waals surface area contributed by atoms with Gasteiger partial charge in [-0.2, -0.15) is 5.10 Å². The van der Waals surface area contributed by atoms with E-state index in [0.29, 0.717) is 26.8 Å². The Balaban J connectivity index is 1.54. The van der Waals surface area contributed by atoms with Gasteiger partial charge in [-0.15, -0.1) is 0 Å². The largest absolute Gasteiger partial charge is 0.309 e. The number of carbonyl (C=O) groups is 1. The Morgan fingerprint density at radius 1 is 1.23 bits per heavy atom. The van der Waals surface area contributed by atoms with Crippen LogP contribution in [0.3, 0.4) is 0 Å². The smallest absolute Gasteiger partial charge is 0.262 e. The van der Waals surface area contributed by atoms with Gasteiger partial charge in [0.15, 0.2) is 16.6 Å². The molecule has 11 heteroatoms. The van der Waals surface area contributed by atoms with Crippen LogP contribution >= 0.6 is 35.0 Å². The molecule has 0 saturated heterocycles. The maximum absolute atomic E-state index is 12.4. The zero-order valence-electron chi connectivity index (χ0n) is 15.5. The van der Waals surface area contributed by atoms with Crippen molar-refractivity contribution in [3.63, 3.8) is 0 Å². The Kier molecular flexibility index (Phi) is 5.76. The molecule has 0 radical (unpaired) electrons. The van der Waals surface area contributed by atoms with E-state index >= 15 is 0 Å². The van der Waals surface area contributed by atoms with E-state index in [-0.39, 0.29) is 28.1 Å². The van der Waals surface area contributed by atoms with Crippen molar-refractivity contribution < 1.29 is 4.79 Å². The lowest BCUT2D eigenvalue weighted by Crippen LogP contribution is -2.17. The summed E-state index contributed by atoms with van der Waals surface area (Å²) in [5, 5.41) is 8.24. The van der Waals surface area contributed by atoms with Crippen molar-refractivity contribution in [2.24, 2.45) is 0 Å². The van der Waals surface area contributed by atoms with Gasteiger partial charge in [0.1, 0.15) is 5.39 Å². The summed E-state index contributed by atoms with van der Waals surface area (Å²) in [5.41, 5.74) is 1.48. The number of carbonyl (C=O) groups excluding carboxylic acids is 1. The van der Waals surface area contributed by atoms with Crippen LogP contribution in [0, 0.1) is 6.92 Å². The molecule has 0 spiro atoms. The highest BCUT2D eigenvalue weighted by atomic mass is 35.5. The van der Waals surface area contributed by atoms with Gasteiger partial charge < -0.3 is 10.3 Å². The molecule has 0 aliphatic heterocycles. The number of nitrogens with one attached hydrogen (secondary N) is 2. The first-order valence-corrected chi connectivity index (χ1v) is 10.4. The number of benzene rings is 1. The minimum Gasteiger partial charge on any atom is -0.309 e. The van der Waals surface area contributed by atoms with E-state index in [1.165, 1.54) is 12.4 Å². The van der Waals surface area contributed by atoms with Gasteiger partial charge in [0.25, 0.3) is 5.56 Å². The summed E-state index contributed by atoms with van der Waals surface area (Å²) in [6, 6.07) is 9.35. The van der Waals surface area contributed by atoms with Crippen molar-refractivity contribution in [1.29, 1.82) is 0 Å². The van der Waals surface area contributed by atoms with Crippen molar-refractivity contribution >= 4 is 57.7 Å². The van der Waals surface area contributed by atoms with E-state index in [0.717, 1.165) is 17.4 Å². The summed E-state index contributed by atoms with van der Waals surface area (Å²) in [4.78, 5) is 35.9. The SMILES string of the molecule is Cc1c(Cl)cnc(NC(=O)CSc2nc3c(cnn3-c3ccccc3)c(=O)[nH]2)c1Cl. The molecule has 3 heterocycles. The second-order valence-corrected chi connectivity index (χ2v) is 7.98. The monoisotopic (exact) mass is 460 g/mol. The lowest BCUT2D eigenvalue weighted by molar-refractivity contribution is -0.113. The predicted molar refractivity (Wildman–Crippen MR) is 118 cm³/mol. The first-order chi connectivity index (χ1) is 14.4. The Morgan fingerprint density at radius 2 is 2.00 bits per heavy atom. The van der Waals surface area contributed by atoms with E-state index in [9.17, 15) is 9.59 Å². The third-order valence-electron chi connectivity index (χ3n) is 4.22. The van der Waals surface area contributed by atoms with Crippen molar-refractivity contribution in [1.82, 2.24) is 24.7 Å². The summed E-state index contributed by atoms with van der Waals surface area (Å²) in [6.45, 7) is 1.73. The van der Waals surface area contributed by atoms with Gasteiger partial charge in [-0.3, -0.25) is 9.59 Å². The van der Waals surface area contributed by atoms with E-state index in [4.69, 9.17) is 23.2 Å². The number of aromatic nitrogens is 5. The fraction of sp³-hybridized carbons (Fsp3) is 0.105. The van der Waals surface area contributed by atoms with Crippen LogP contribution in [-0.4, -0.2) is 36.4 Å². The molecule has 4 aromatic rings. The number of hydrogen-bond donors (Lipinski definition) is 2. The minimum absolute atomic E-state index is 0.00635. The molecular weight excluding hydrogens is 447 g/mol. The number of fused-ring (bicyclic) bond motifs is 1. The standard InChI is InChI=1S/C19H14Cl2N6O2S/c1-10-13(20)8-22-16(15(10)21)24-14(28)9-30-19-25-17-12(18(29)26-19)7-23-27(17)11-5-3-2-4-6-11/h2-8H,9H2,1H3,(H,22,24,28)(H,25,26,29). The second kappa shape index (κ2) is 8.47.